The first kappa shape index (κ1) is 29.2. The predicted octanol–water partition coefficient (Wildman–Crippen LogP) is 10.8. The standard InChI is InChI=1S/C30H56/c1-10-30(11-2,23-21-28(8)18-13-16-26(5)6)24-22-29(9)20-14-19-27(7)17-12-15-25(3)4/h15-16,19,28-29H,10-14,17-18,20-24H2,1-9H3/b27-19+. The molecule has 0 radical (unpaired) electrons. The summed E-state index contributed by atoms with van der Waals surface area (Å²) in [6.07, 6.45) is 23.2. The average molecular weight is 417 g/mol. The maximum Gasteiger partial charge on any atom is -0.0288 e. The van der Waals surface area contributed by atoms with Crippen LogP contribution in [-0.2, 0) is 0 Å². The summed E-state index contributed by atoms with van der Waals surface area (Å²) >= 11 is 0. The smallest absolute Gasteiger partial charge is 0.0288 e. The molecule has 2 unspecified atom stereocenters. The van der Waals surface area contributed by atoms with Crippen molar-refractivity contribution in [3.63, 3.8) is 0 Å². The molecule has 30 heavy (non-hydrogen) atoms. The van der Waals surface area contributed by atoms with Gasteiger partial charge in [-0.2, -0.15) is 0 Å². The molecule has 0 fully saturated rings. The van der Waals surface area contributed by atoms with E-state index in [0.717, 1.165) is 11.8 Å². The zero-order chi connectivity index (χ0) is 23.0. The largest absolute Gasteiger partial charge is 0.0859 e. The van der Waals surface area contributed by atoms with Gasteiger partial charge >= 0.3 is 0 Å². The van der Waals surface area contributed by atoms with E-state index in [1.165, 1.54) is 88.2 Å². The lowest BCUT2D eigenvalue weighted by atomic mass is 9.72. The lowest BCUT2D eigenvalue weighted by Crippen LogP contribution is -2.21. The van der Waals surface area contributed by atoms with Crippen LogP contribution in [0.3, 0.4) is 0 Å². The summed E-state index contributed by atoms with van der Waals surface area (Å²) in [5.74, 6) is 1.70. The molecule has 0 N–H and O–H groups in total. The summed E-state index contributed by atoms with van der Waals surface area (Å²) in [5.41, 5.74) is 5.05. The number of allylic oxidation sites excluding steroid dienone is 6. The fourth-order valence-electron chi connectivity index (χ4n) is 4.44. The second-order valence-corrected chi connectivity index (χ2v) is 10.8. The van der Waals surface area contributed by atoms with E-state index < -0.39 is 0 Å². The predicted molar refractivity (Wildman–Crippen MR) is 140 cm³/mol. The highest BCUT2D eigenvalue weighted by Gasteiger charge is 2.26. The minimum absolute atomic E-state index is 0.579. The van der Waals surface area contributed by atoms with Gasteiger partial charge in [0.2, 0.25) is 0 Å². The molecule has 0 amide bonds. The number of rotatable bonds is 17. The summed E-state index contributed by atoms with van der Waals surface area (Å²) in [6, 6.07) is 0. The Hall–Kier alpha value is -0.780. The van der Waals surface area contributed by atoms with E-state index >= 15 is 0 Å². The summed E-state index contributed by atoms with van der Waals surface area (Å²) in [6.45, 7) is 20.9. The molecule has 0 bridgehead atoms. The molecular weight excluding hydrogens is 360 g/mol. The topological polar surface area (TPSA) is 0 Å². The fraction of sp³-hybridized carbons (Fsp3) is 0.800. The molecule has 0 aliphatic rings. The quantitative estimate of drug-likeness (QED) is 0.207. The zero-order valence-corrected chi connectivity index (χ0v) is 22.4. The zero-order valence-electron chi connectivity index (χ0n) is 22.4. The molecule has 0 heteroatoms. The minimum atomic E-state index is 0.579. The van der Waals surface area contributed by atoms with Crippen LogP contribution in [0, 0.1) is 17.3 Å². The Morgan fingerprint density at radius 1 is 0.633 bits per heavy atom. The molecule has 0 saturated carbocycles. The Labute approximate surface area is 191 Å². The van der Waals surface area contributed by atoms with Gasteiger partial charge in [0.15, 0.2) is 0 Å². The van der Waals surface area contributed by atoms with Crippen LogP contribution in [0.5, 0.6) is 0 Å². The SMILES string of the molecule is CCC(CC)(CCC(C)CCC=C(C)C)CCC(C)CC/C=C(\C)CCC=C(C)C. The molecule has 2 atom stereocenters. The Morgan fingerprint density at radius 3 is 1.50 bits per heavy atom. The van der Waals surface area contributed by atoms with Gasteiger partial charge in [-0.25, -0.2) is 0 Å². The summed E-state index contributed by atoms with van der Waals surface area (Å²) in [7, 11) is 0. The molecule has 0 spiro atoms. The van der Waals surface area contributed by atoms with Gasteiger partial charge in [-0.3, -0.25) is 0 Å². The van der Waals surface area contributed by atoms with E-state index in [2.05, 4.69) is 80.5 Å². The Kier molecular flexibility index (Phi) is 16.4. The molecule has 0 nitrogen and oxygen atoms in total. The van der Waals surface area contributed by atoms with Crippen molar-refractivity contribution in [1.29, 1.82) is 0 Å². The maximum atomic E-state index is 2.50. The number of hydrogen-bond acceptors (Lipinski definition) is 0. The van der Waals surface area contributed by atoms with Crippen LogP contribution in [-0.4, -0.2) is 0 Å². The van der Waals surface area contributed by atoms with E-state index in [1.54, 1.807) is 5.57 Å². The van der Waals surface area contributed by atoms with E-state index in [-0.39, 0.29) is 0 Å². The molecule has 176 valence electrons. The van der Waals surface area contributed by atoms with E-state index in [1.807, 2.05) is 0 Å². The monoisotopic (exact) mass is 416 g/mol. The lowest BCUT2D eigenvalue weighted by molar-refractivity contribution is 0.182. The molecule has 0 aromatic rings. The van der Waals surface area contributed by atoms with Crippen LogP contribution in [0.1, 0.15) is 139 Å². The fourth-order valence-corrected chi connectivity index (χ4v) is 4.44. The van der Waals surface area contributed by atoms with Gasteiger partial charge in [-0.1, -0.05) is 88.3 Å². The maximum absolute atomic E-state index is 2.50. The van der Waals surface area contributed by atoms with Crippen molar-refractivity contribution in [3.8, 4) is 0 Å². The van der Waals surface area contributed by atoms with Crippen molar-refractivity contribution in [3.05, 3.63) is 34.9 Å². The normalized spacial score (nSPS) is 14.4. The molecule has 0 aliphatic heterocycles. The molecule has 0 aromatic carbocycles. The van der Waals surface area contributed by atoms with E-state index in [4.69, 9.17) is 0 Å². The second-order valence-electron chi connectivity index (χ2n) is 10.8. The van der Waals surface area contributed by atoms with Gasteiger partial charge in [0, 0.05) is 0 Å². The molecule has 0 aromatic heterocycles. The summed E-state index contributed by atoms with van der Waals surface area (Å²) < 4.78 is 0. The molecule has 0 aliphatic carbocycles. The van der Waals surface area contributed by atoms with Gasteiger partial charge in [0.25, 0.3) is 0 Å². The molecular formula is C30H56. The minimum Gasteiger partial charge on any atom is -0.0859 e. The Bertz CT molecular complexity index is 504. The van der Waals surface area contributed by atoms with Crippen molar-refractivity contribution in [2.45, 2.75) is 139 Å². The van der Waals surface area contributed by atoms with E-state index in [0.29, 0.717) is 5.41 Å². The summed E-state index contributed by atoms with van der Waals surface area (Å²) in [4.78, 5) is 0. The average Bonchev–Trinajstić information content (AvgIpc) is 2.68. The summed E-state index contributed by atoms with van der Waals surface area (Å²) in [5, 5.41) is 0. The van der Waals surface area contributed by atoms with Crippen molar-refractivity contribution in [2.24, 2.45) is 17.3 Å². The van der Waals surface area contributed by atoms with Crippen LogP contribution in [0.15, 0.2) is 34.9 Å². The highest BCUT2D eigenvalue weighted by atomic mass is 14.3. The van der Waals surface area contributed by atoms with Crippen LogP contribution in [0.2, 0.25) is 0 Å². The third-order valence-corrected chi connectivity index (χ3v) is 7.29. The first-order chi connectivity index (χ1) is 14.1. The van der Waals surface area contributed by atoms with Gasteiger partial charge in [0.05, 0.1) is 0 Å². The van der Waals surface area contributed by atoms with Gasteiger partial charge in [-0.15, -0.1) is 0 Å². The molecule has 0 heterocycles. The highest BCUT2D eigenvalue weighted by molar-refractivity contribution is 5.02. The van der Waals surface area contributed by atoms with Crippen molar-refractivity contribution < 1.29 is 0 Å². The lowest BCUT2D eigenvalue weighted by Gasteiger charge is -2.34. The third-order valence-electron chi connectivity index (χ3n) is 7.29. The van der Waals surface area contributed by atoms with Crippen molar-refractivity contribution in [2.75, 3.05) is 0 Å². The third kappa shape index (κ3) is 15.1. The second kappa shape index (κ2) is 16.9. The number of hydrogen-bond donors (Lipinski definition) is 0. The van der Waals surface area contributed by atoms with Gasteiger partial charge < -0.3 is 0 Å². The Balaban J connectivity index is 4.36. The van der Waals surface area contributed by atoms with Crippen LogP contribution in [0.4, 0.5) is 0 Å². The van der Waals surface area contributed by atoms with Crippen molar-refractivity contribution >= 4 is 0 Å². The van der Waals surface area contributed by atoms with Crippen LogP contribution < -0.4 is 0 Å². The molecule has 0 rings (SSSR count). The highest BCUT2D eigenvalue weighted by Crippen LogP contribution is 2.40. The van der Waals surface area contributed by atoms with Crippen LogP contribution >= 0.6 is 0 Å². The van der Waals surface area contributed by atoms with Crippen LogP contribution in [0.25, 0.3) is 0 Å². The van der Waals surface area contributed by atoms with Gasteiger partial charge in [-0.05, 0) is 103 Å². The van der Waals surface area contributed by atoms with Gasteiger partial charge in [0.1, 0.15) is 0 Å². The Morgan fingerprint density at radius 2 is 1.07 bits per heavy atom. The van der Waals surface area contributed by atoms with Crippen molar-refractivity contribution in [1.82, 2.24) is 0 Å². The van der Waals surface area contributed by atoms with E-state index in [9.17, 15) is 0 Å². The molecule has 0 saturated heterocycles. The first-order valence-corrected chi connectivity index (χ1v) is 13.1. The first-order valence-electron chi connectivity index (χ1n) is 13.1.